The minimum Gasteiger partial charge on any atom is -0.381 e. The Hall–Kier alpha value is -1.16. The molecule has 0 amide bonds. The summed E-state index contributed by atoms with van der Waals surface area (Å²) in [5.74, 6) is 2.29. The van der Waals surface area contributed by atoms with Crippen LogP contribution in [0.15, 0.2) is 0 Å². The van der Waals surface area contributed by atoms with Crippen molar-refractivity contribution in [2.75, 3.05) is 25.1 Å². The highest BCUT2D eigenvalue weighted by molar-refractivity contribution is 5.45. The molecule has 1 fully saturated rings. The standard InChI is InChI=1S/C14H23N3O/c1-4-7-15-13-10(2)11(3)16-14(17-13)12-6-5-8-18-9-12/h12H,4-9H2,1-3H3,(H,15,16,17). The predicted octanol–water partition coefficient (Wildman–Crippen LogP) is 2.81. The fourth-order valence-corrected chi connectivity index (χ4v) is 2.19. The molecular weight excluding hydrogens is 226 g/mol. The highest BCUT2D eigenvalue weighted by atomic mass is 16.5. The lowest BCUT2D eigenvalue weighted by Crippen LogP contribution is -2.19. The number of ether oxygens (including phenoxy) is 1. The number of hydrogen-bond acceptors (Lipinski definition) is 4. The fraction of sp³-hybridized carbons (Fsp3) is 0.714. The average molecular weight is 249 g/mol. The van der Waals surface area contributed by atoms with Crippen molar-refractivity contribution in [1.82, 2.24) is 9.97 Å². The van der Waals surface area contributed by atoms with E-state index in [9.17, 15) is 0 Å². The topological polar surface area (TPSA) is 47.0 Å². The van der Waals surface area contributed by atoms with Gasteiger partial charge in [0.15, 0.2) is 0 Å². The van der Waals surface area contributed by atoms with Crippen molar-refractivity contribution < 1.29 is 4.74 Å². The van der Waals surface area contributed by atoms with Gasteiger partial charge in [0.1, 0.15) is 11.6 Å². The minimum absolute atomic E-state index is 0.361. The molecule has 4 heteroatoms. The first kappa shape index (κ1) is 13.3. The van der Waals surface area contributed by atoms with Crippen LogP contribution in [0.4, 0.5) is 5.82 Å². The number of anilines is 1. The van der Waals surface area contributed by atoms with E-state index in [0.717, 1.165) is 61.9 Å². The lowest BCUT2D eigenvalue weighted by atomic mass is 10.0. The van der Waals surface area contributed by atoms with E-state index < -0.39 is 0 Å². The normalized spacial score (nSPS) is 19.8. The van der Waals surface area contributed by atoms with Crippen molar-refractivity contribution >= 4 is 5.82 Å². The van der Waals surface area contributed by atoms with Crippen LogP contribution in [0.2, 0.25) is 0 Å². The van der Waals surface area contributed by atoms with Crippen LogP contribution in [0.3, 0.4) is 0 Å². The molecule has 1 atom stereocenters. The molecule has 0 aliphatic carbocycles. The Bertz CT molecular complexity index is 400. The largest absolute Gasteiger partial charge is 0.381 e. The lowest BCUT2D eigenvalue weighted by Gasteiger charge is -2.22. The van der Waals surface area contributed by atoms with Gasteiger partial charge in [-0.3, -0.25) is 0 Å². The summed E-state index contributed by atoms with van der Waals surface area (Å²) in [7, 11) is 0. The molecule has 100 valence electrons. The van der Waals surface area contributed by atoms with Crippen LogP contribution in [-0.2, 0) is 4.74 Å². The number of rotatable bonds is 4. The van der Waals surface area contributed by atoms with Crippen molar-refractivity contribution in [3.63, 3.8) is 0 Å². The summed E-state index contributed by atoms with van der Waals surface area (Å²) in [6.45, 7) is 8.89. The third-order valence-corrected chi connectivity index (χ3v) is 3.47. The lowest BCUT2D eigenvalue weighted by molar-refractivity contribution is 0.0780. The zero-order chi connectivity index (χ0) is 13.0. The van der Waals surface area contributed by atoms with Gasteiger partial charge >= 0.3 is 0 Å². The second-order valence-electron chi connectivity index (χ2n) is 4.98. The molecule has 18 heavy (non-hydrogen) atoms. The third-order valence-electron chi connectivity index (χ3n) is 3.47. The molecule has 0 spiro atoms. The zero-order valence-corrected chi connectivity index (χ0v) is 11.6. The van der Waals surface area contributed by atoms with Crippen LogP contribution in [0.25, 0.3) is 0 Å². The Morgan fingerprint density at radius 1 is 1.33 bits per heavy atom. The fourth-order valence-electron chi connectivity index (χ4n) is 2.19. The van der Waals surface area contributed by atoms with Gasteiger partial charge in [0.2, 0.25) is 0 Å². The van der Waals surface area contributed by atoms with Crippen LogP contribution in [0, 0.1) is 13.8 Å². The summed E-state index contributed by atoms with van der Waals surface area (Å²) in [6.07, 6.45) is 3.35. The molecule has 0 saturated carbocycles. The first-order chi connectivity index (χ1) is 8.72. The van der Waals surface area contributed by atoms with E-state index >= 15 is 0 Å². The molecular formula is C14H23N3O. The van der Waals surface area contributed by atoms with Gasteiger partial charge in [0, 0.05) is 30.3 Å². The second-order valence-corrected chi connectivity index (χ2v) is 4.98. The summed E-state index contributed by atoms with van der Waals surface area (Å²) >= 11 is 0. The van der Waals surface area contributed by atoms with Gasteiger partial charge in [-0.25, -0.2) is 9.97 Å². The first-order valence-corrected chi connectivity index (χ1v) is 6.89. The number of aryl methyl sites for hydroxylation is 1. The van der Waals surface area contributed by atoms with E-state index in [0.29, 0.717) is 5.92 Å². The number of aromatic nitrogens is 2. The molecule has 1 saturated heterocycles. The van der Waals surface area contributed by atoms with Crippen LogP contribution < -0.4 is 5.32 Å². The molecule has 2 heterocycles. The molecule has 2 rings (SSSR count). The molecule has 0 aromatic carbocycles. The second kappa shape index (κ2) is 6.14. The summed E-state index contributed by atoms with van der Waals surface area (Å²) in [4.78, 5) is 9.33. The summed E-state index contributed by atoms with van der Waals surface area (Å²) < 4.78 is 5.53. The third kappa shape index (κ3) is 2.99. The predicted molar refractivity (Wildman–Crippen MR) is 73.1 cm³/mol. The van der Waals surface area contributed by atoms with Gasteiger partial charge < -0.3 is 10.1 Å². The smallest absolute Gasteiger partial charge is 0.136 e. The average Bonchev–Trinajstić information content (AvgIpc) is 2.41. The van der Waals surface area contributed by atoms with E-state index in [1.165, 1.54) is 0 Å². The van der Waals surface area contributed by atoms with Crippen LogP contribution in [0.5, 0.6) is 0 Å². The van der Waals surface area contributed by atoms with Crippen LogP contribution >= 0.6 is 0 Å². The molecule has 0 bridgehead atoms. The Kier molecular flexibility index (Phi) is 4.53. The first-order valence-electron chi connectivity index (χ1n) is 6.89. The molecule has 1 N–H and O–H groups in total. The Labute approximate surface area is 109 Å². The highest BCUT2D eigenvalue weighted by Crippen LogP contribution is 2.25. The number of hydrogen-bond donors (Lipinski definition) is 1. The van der Waals surface area contributed by atoms with E-state index in [1.807, 2.05) is 0 Å². The maximum Gasteiger partial charge on any atom is 0.136 e. The highest BCUT2D eigenvalue weighted by Gasteiger charge is 2.20. The maximum absolute atomic E-state index is 5.53. The molecule has 0 radical (unpaired) electrons. The molecule has 1 unspecified atom stereocenters. The van der Waals surface area contributed by atoms with Gasteiger partial charge in [-0.15, -0.1) is 0 Å². The monoisotopic (exact) mass is 249 g/mol. The van der Waals surface area contributed by atoms with Gasteiger partial charge in [0.25, 0.3) is 0 Å². The van der Waals surface area contributed by atoms with Gasteiger partial charge in [0.05, 0.1) is 6.61 Å². The molecule has 1 aromatic rings. The summed E-state index contributed by atoms with van der Waals surface area (Å²) in [5.41, 5.74) is 2.23. The maximum atomic E-state index is 5.53. The van der Waals surface area contributed by atoms with E-state index in [-0.39, 0.29) is 0 Å². The van der Waals surface area contributed by atoms with Crippen molar-refractivity contribution in [3.05, 3.63) is 17.1 Å². The molecule has 1 aromatic heterocycles. The van der Waals surface area contributed by atoms with E-state index in [4.69, 9.17) is 9.72 Å². The van der Waals surface area contributed by atoms with Gasteiger partial charge in [-0.1, -0.05) is 6.92 Å². The van der Waals surface area contributed by atoms with Crippen LogP contribution in [0.1, 0.15) is 49.2 Å². The van der Waals surface area contributed by atoms with Gasteiger partial charge in [-0.05, 0) is 33.1 Å². The summed E-state index contributed by atoms with van der Waals surface area (Å²) in [5, 5.41) is 3.39. The van der Waals surface area contributed by atoms with E-state index in [2.05, 4.69) is 31.1 Å². The number of nitrogens with one attached hydrogen (secondary N) is 1. The Balaban J connectivity index is 2.22. The van der Waals surface area contributed by atoms with Crippen molar-refractivity contribution in [3.8, 4) is 0 Å². The SMILES string of the molecule is CCCNc1nc(C2CCCOC2)nc(C)c1C. The van der Waals surface area contributed by atoms with Crippen molar-refractivity contribution in [1.29, 1.82) is 0 Å². The zero-order valence-electron chi connectivity index (χ0n) is 11.6. The Morgan fingerprint density at radius 3 is 2.83 bits per heavy atom. The molecule has 1 aliphatic heterocycles. The molecule has 1 aliphatic rings. The van der Waals surface area contributed by atoms with Gasteiger partial charge in [-0.2, -0.15) is 0 Å². The molecule has 4 nitrogen and oxygen atoms in total. The quantitative estimate of drug-likeness (QED) is 0.891. The van der Waals surface area contributed by atoms with Crippen LogP contribution in [-0.4, -0.2) is 29.7 Å². The van der Waals surface area contributed by atoms with Crippen molar-refractivity contribution in [2.24, 2.45) is 0 Å². The Morgan fingerprint density at radius 2 is 2.17 bits per heavy atom. The van der Waals surface area contributed by atoms with Crippen molar-refractivity contribution in [2.45, 2.75) is 46.0 Å². The number of nitrogens with zero attached hydrogens (tertiary/aromatic N) is 2. The summed E-state index contributed by atoms with van der Waals surface area (Å²) in [6, 6.07) is 0. The van der Waals surface area contributed by atoms with E-state index in [1.54, 1.807) is 0 Å². The minimum atomic E-state index is 0.361.